The number of sulfonamides is 1. The fourth-order valence-corrected chi connectivity index (χ4v) is 7.66. The molecule has 8 nitrogen and oxygen atoms in total. The molecule has 0 bridgehead atoms. The van der Waals surface area contributed by atoms with Crippen molar-refractivity contribution >= 4 is 38.2 Å². The first kappa shape index (κ1) is 29.9. The van der Waals surface area contributed by atoms with Gasteiger partial charge in [-0.2, -0.15) is 0 Å². The van der Waals surface area contributed by atoms with Crippen LogP contribution in [0.2, 0.25) is 0 Å². The maximum atomic E-state index is 15.2. The number of carbonyl (C=O) groups excluding carboxylic acids is 1. The van der Waals surface area contributed by atoms with Gasteiger partial charge in [0, 0.05) is 43.3 Å². The van der Waals surface area contributed by atoms with E-state index in [1.165, 1.54) is 62.1 Å². The summed E-state index contributed by atoms with van der Waals surface area (Å²) in [6.45, 7) is 2.38. The minimum atomic E-state index is -4.13. The number of para-hydroxylation sites is 1. The van der Waals surface area contributed by atoms with Crippen LogP contribution < -0.4 is 14.4 Å². The van der Waals surface area contributed by atoms with Crippen LogP contribution in [0.15, 0.2) is 77.8 Å². The standard InChI is InChI=1S/C34H37FN4O4S/c1-43-31-23-26(24-8-3-2-4-9-24)14-16-30(31)38-18-7-19-39(21-20-38)34(40)27-13-15-29(28(35)22-27)37-44(41,42)32-12-5-10-25-11-6-17-36-33(25)32/h5-6,10-17,22-24,37H,2-4,7-9,18-21H2,1H3. The maximum Gasteiger partial charge on any atom is 0.264 e. The smallest absolute Gasteiger partial charge is 0.264 e. The minimum absolute atomic E-state index is 0.0514. The number of hydrogen-bond acceptors (Lipinski definition) is 6. The lowest BCUT2D eigenvalue weighted by Gasteiger charge is -2.27. The van der Waals surface area contributed by atoms with Gasteiger partial charge in [-0.3, -0.25) is 14.5 Å². The summed E-state index contributed by atoms with van der Waals surface area (Å²) in [5.74, 6) is 0.318. The van der Waals surface area contributed by atoms with Gasteiger partial charge in [0.1, 0.15) is 16.5 Å². The lowest BCUT2D eigenvalue weighted by atomic mass is 9.84. The number of halogens is 1. The van der Waals surface area contributed by atoms with Crippen molar-refractivity contribution in [2.24, 2.45) is 0 Å². The highest BCUT2D eigenvalue weighted by molar-refractivity contribution is 7.93. The van der Waals surface area contributed by atoms with Crippen molar-refractivity contribution in [1.29, 1.82) is 0 Å². The largest absolute Gasteiger partial charge is 0.495 e. The Morgan fingerprint density at radius 1 is 0.932 bits per heavy atom. The predicted molar refractivity (Wildman–Crippen MR) is 171 cm³/mol. The number of methoxy groups -OCH3 is 1. The summed E-state index contributed by atoms with van der Waals surface area (Å²) in [6.07, 6.45) is 8.56. The number of fused-ring (bicyclic) bond motifs is 1. The number of nitrogens with one attached hydrogen (secondary N) is 1. The van der Waals surface area contributed by atoms with Crippen LogP contribution in [-0.2, 0) is 10.0 Å². The van der Waals surface area contributed by atoms with Gasteiger partial charge in [-0.1, -0.05) is 43.5 Å². The summed E-state index contributed by atoms with van der Waals surface area (Å²) in [4.78, 5) is 21.5. The van der Waals surface area contributed by atoms with Crippen LogP contribution >= 0.6 is 0 Å². The van der Waals surface area contributed by atoms with Gasteiger partial charge in [0.25, 0.3) is 15.9 Å². The number of anilines is 2. The Morgan fingerprint density at radius 3 is 2.55 bits per heavy atom. The van der Waals surface area contributed by atoms with Crippen molar-refractivity contribution in [1.82, 2.24) is 9.88 Å². The molecule has 3 aromatic carbocycles. The van der Waals surface area contributed by atoms with Crippen molar-refractivity contribution in [3.8, 4) is 5.75 Å². The minimum Gasteiger partial charge on any atom is -0.495 e. The van der Waals surface area contributed by atoms with Gasteiger partial charge in [-0.05, 0) is 73.2 Å². The second-order valence-electron chi connectivity index (χ2n) is 11.5. The first-order valence-electron chi connectivity index (χ1n) is 15.2. The topological polar surface area (TPSA) is 91.8 Å². The van der Waals surface area contributed by atoms with E-state index in [9.17, 15) is 13.2 Å². The summed E-state index contributed by atoms with van der Waals surface area (Å²) in [7, 11) is -2.43. The summed E-state index contributed by atoms with van der Waals surface area (Å²) in [6, 6.07) is 18.7. The Morgan fingerprint density at radius 2 is 1.75 bits per heavy atom. The van der Waals surface area contributed by atoms with Crippen LogP contribution in [0.5, 0.6) is 5.75 Å². The van der Waals surface area contributed by atoms with Crippen molar-refractivity contribution < 1.29 is 22.3 Å². The first-order chi connectivity index (χ1) is 21.3. The number of ether oxygens (including phenoxy) is 1. The Hall–Kier alpha value is -4.18. The van der Waals surface area contributed by atoms with Crippen molar-refractivity contribution in [2.75, 3.05) is 42.9 Å². The van der Waals surface area contributed by atoms with E-state index in [4.69, 9.17) is 4.74 Å². The second-order valence-corrected chi connectivity index (χ2v) is 13.2. The van der Waals surface area contributed by atoms with E-state index in [1.807, 2.05) is 0 Å². The quantitative estimate of drug-likeness (QED) is 0.252. The van der Waals surface area contributed by atoms with Crippen molar-refractivity contribution in [3.63, 3.8) is 0 Å². The summed E-state index contributed by atoms with van der Waals surface area (Å²) < 4.78 is 49.7. The predicted octanol–water partition coefficient (Wildman–Crippen LogP) is 6.58. The van der Waals surface area contributed by atoms with Gasteiger partial charge in [0.2, 0.25) is 0 Å². The normalized spacial score (nSPS) is 16.5. The van der Waals surface area contributed by atoms with Crippen LogP contribution in [-0.4, -0.2) is 57.5 Å². The van der Waals surface area contributed by atoms with Gasteiger partial charge < -0.3 is 14.5 Å². The molecule has 0 spiro atoms. The van der Waals surface area contributed by atoms with Crippen LogP contribution in [0.25, 0.3) is 10.9 Å². The molecule has 0 unspecified atom stereocenters. The fraction of sp³-hybridized carbons (Fsp3) is 0.353. The molecule has 1 N–H and O–H groups in total. The molecule has 2 aliphatic rings. The van der Waals surface area contributed by atoms with Crippen LogP contribution in [0.3, 0.4) is 0 Å². The number of rotatable bonds is 7. The van der Waals surface area contributed by atoms with Gasteiger partial charge in [-0.15, -0.1) is 0 Å². The number of aromatic nitrogens is 1. The zero-order valence-corrected chi connectivity index (χ0v) is 25.7. The molecule has 44 heavy (non-hydrogen) atoms. The third-order valence-electron chi connectivity index (χ3n) is 8.75. The van der Waals surface area contributed by atoms with Crippen LogP contribution in [0.4, 0.5) is 15.8 Å². The number of nitrogens with zero attached hydrogens (tertiary/aromatic N) is 3. The molecule has 2 fully saturated rings. The average molecular weight is 617 g/mol. The van der Waals surface area contributed by atoms with Gasteiger partial charge in [0.15, 0.2) is 0 Å². The molecule has 230 valence electrons. The van der Waals surface area contributed by atoms with E-state index in [1.54, 1.807) is 36.3 Å². The van der Waals surface area contributed by atoms with Gasteiger partial charge in [0.05, 0.1) is 24.0 Å². The molecule has 1 aliphatic heterocycles. The number of hydrogen-bond donors (Lipinski definition) is 1. The zero-order chi connectivity index (χ0) is 30.7. The molecular weight excluding hydrogens is 579 g/mol. The highest BCUT2D eigenvalue weighted by Gasteiger charge is 2.25. The molecule has 1 aromatic heterocycles. The monoisotopic (exact) mass is 616 g/mol. The Kier molecular flexibility index (Phi) is 8.70. The molecule has 4 aromatic rings. The molecule has 1 amide bonds. The second kappa shape index (κ2) is 12.8. The van der Waals surface area contributed by atoms with Gasteiger partial charge in [-0.25, -0.2) is 12.8 Å². The van der Waals surface area contributed by atoms with Crippen molar-refractivity contribution in [3.05, 3.63) is 89.9 Å². The SMILES string of the molecule is COc1cc(C2CCCCC2)ccc1N1CCCN(C(=O)c2ccc(NS(=O)(=O)c3cccc4cccnc34)c(F)c2)CC1. The van der Waals surface area contributed by atoms with E-state index in [0.717, 1.165) is 30.5 Å². The zero-order valence-electron chi connectivity index (χ0n) is 24.8. The molecule has 2 heterocycles. The van der Waals surface area contributed by atoms with Crippen LogP contribution in [0.1, 0.15) is 60.4 Å². The van der Waals surface area contributed by atoms with E-state index < -0.39 is 15.8 Å². The Bertz CT molecular complexity index is 1770. The summed E-state index contributed by atoms with van der Waals surface area (Å²) in [5, 5.41) is 0.655. The number of pyridine rings is 1. The molecule has 1 saturated heterocycles. The molecule has 6 rings (SSSR count). The highest BCUT2D eigenvalue weighted by Crippen LogP contribution is 2.38. The molecule has 0 radical (unpaired) electrons. The maximum absolute atomic E-state index is 15.2. The third-order valence-corrected chi connectivity index (χ3v) is 10.1. The summed E-state index contributed by atoms with van der Waals surface area (Å²) >= 11 is 0. The average Bonchev–Trinajstić information content (AvgIpc) is 3.31. The summed E-state index contributed by atoms with van der Waals surface area (Å²) in [5.41, 5.74) is 2.58. The lowest BCUT2D eigenvalue weighted by molar-refractivity contribution is 0.0766. The van der Waals surface area contributed by atoms with E-state index in [-0.39, 0.29) is 22.1 Å². The first-order valence-corrected chi connectivity index (χ1v) is 16.7. The molecule has 1 aliphatic carbocycles. The highest BCUT2D eigenvalue weighted by atomic mass is 32.2. The molecule has 1 saturated carbocycles. The number of benzene rings is 3. The van der Waals surface area contributed by atoms with E-state index in [0.29, 0.717) is 36.5 Å². The van der Waals surface area contributed by atoms with Crippen molar-refractivity contribution in [2.45, 2.75) is 49.3 Å². The molecular formula is C34H37FN4O4S. The molecule has 0 atom stereocenters. The third kappa shape index (κ3) is 6.22. The van der Waals surface area contributed by atoms with E-state index in [2.05, 4.69) is 32.8 Å². The van der Waals surface area contributed by atoms with Gasteiger partial charge >= 0.3 is 0 Å². The van der Waals surface area contributed by atoms with Crippen LogP contribution in [0, 0.1) is 5.82 Å². The Balaban J connectivity index is 1.14. The van der Waals surface area contributed by atoms with E-state index >= 15 is 4.39 Å². The number of carbonyl (C=O) groups is 1. The fourth-order valence-electron chi connectivity index (χ4n) is 6.41. The number of amides is 1. The lowest BCUT2D eigenvalue weighted by Crippen LogP contribution is -2.35. The Labute approximate surface area is 257 Å². The molecule has 10 heteroatoms.